The molecule has 7 nitrogen and oxygen atoms in total. The van der Waals surface area contributed by atoms with E-state index in [-0.39, 0.29) is 23.8 Å². The molecule has 1 amide bonds. The third-order valence-corrected chi connectivity index (χ3v) is 4.23. The van der Waals surface area contributed by atoms with Crippen molar-refractivity contribution in [3.05, 3.63) is 29.5 Å². The maximum Gasteiger partial charge on any atom is 0.342 e. The molecule has 0 aromatic heterocycles. The van der Waals surface area contributed by atoms with E-state index in [1.54, 1.807) is 11.0 Å². The summed E-state index contributed by atoms with van der Waals surface area (Å²) in [6, 6.07) is 3.10. The summed E-state index contributed by atoms with van der Waals surface area (Å²) in [4.78, 5) is 26.5. The Hall–Kier alpha value is -2.70. The fourth-order valence-corrected chi connectivity index (χ4v) is 2.98. The number of likely N-dealkylation sites (N-methyl/N-ethyl adjacent to an activating group) is 1. The van der Waals surface area contributed by atoms with Crippen molar-refractivity contribution in [2.75, 3.05) is 34.5 Å². The smallest absolute Gasteiger partial charge is 0.342 e. The normalized spacial score (nSPS) is 13.0. The van der Waals surface area contributed by atoms with Crippen molar-refractivity contribution >= 4 is 11.9 Å². The maximum absolute atomic E-state index is 12.4. The molecule has 0 fully saturated rings. The molecule has 1 aliphatic rings. The largest absolute Gasteiger partial charge is 0.493 e. The van der Waals surface area contributed by atoms with Crippen LogP contribution in [0.4, 0.5) is 0 Å². The van der Waals surface area contributed by atoms with E-state index in [0.717, 1.165) is 25.0 Å². The van der Waals surface area contributed by atoms with E-state index in [9.17, 15) is 9.59 Å². The summed E-state index contributed by atoms with van der Waals surface area (Å²) in [6.07, 6.45) is 4.95. The lowest BCUT2D eigenvalue weighted by atomic mass is 10.1. The van der Waals surface area contributed by atoms with Gasteiger partial charge in [-0.05, 0) is 38.3 Å². The Morgan fingerprint density at radius 2 is 1.81 bits per heavy atom. The minimum atomic E-state index is -0.660. The zero-order valence-corrected chi connectivity index (χ0v) is 15.7. The topological polar surface area (TPSA) is 74.3 Å². The van der Waals surface area contributed by atoms with Gasteiger partial charge in [0.05, 0.1) is 21.3 Å². The molecule has 0 unspecified atom stereocenters. The van der Waals surface area contributed by atoms with Gasteiger partial charge in [0, 0.05) is 12.2 Å². The molecule has 0 saturated heterocycles. The Morgan fingerprint density at radius 1 is 1.08 bits per heavy atom. The second-order valence-corrected chi connectivity index (χ2v) is 5.68. The first kappa shape index (κ1) is 19.6. The molecular formula is C19H25NO6. The number of amides is 1. The first-order valence-electron chi connectivity index (χ1n) is 8.52. The number of ether oxygens (including phenoxy) is 4. The molecule has 0 bridgehead atoms. The fraction of sp³-hybridized carbons (Fsp3) is 0.474. The Kier molecular flexibility index (Phi) is 6.89. The molecule has 0 spiro atoms. The van der Waals surface area contributed by atoms with Crippen LogP contribution in [0.25, 0.3) is 0 Å². The van der Waals surface area contributed by atoms with Crippen LogP contribution in [-0.4, -0.2) is 51.3 Å². The van der Waals surface area contributed by atoms with Crippen molar-refractivity contribution < 1.29 is 28.5 Å². The quantitative estimate of drug-likeness (QED) is 0.661. The molecule has 1 aromatic carbocycles. The van der Waals surface area contributed by atoms with Crippen molar-refractivity contribution in [1.29, 1.82) is 0 Å². The zero-order chi connectivity index (χ0) is 19.1. The molecule has 0 aliphatic heterocycles. The van der Waals surface area contributed by atoms with Crippen LogP contribution < -0.4 is 14.2 Å². The van der Waals surface area contributed by atoms with Crippen LogP contribution in [0, 0.1) is 0 Å². The highest BCUT2D eigenvalue weighted by atomic mass is 16.5. The average molecular weight is 363 g/mol. The van der Waals surface area contributed by atoms with E-state index in [0.29, 0.717) is 18.0 Å². The highest BCUT2D eigenvalue weighted by Gasteiger charge is 2.24. The van der Waals surface area contributed by atoms with Gasteiger partial charge in [-0.2, -0.15) is 0 Å². The summed E-state index contributed by atoms with van der Waals surface area (Å²) in [5.74, 6) is 0.0283. The number of hydrogen-bond donors (Lipinski definition) is 0. The molecule has 0 radical (unpaired) electrons. The van der Waals surface area contributed by atoms with Crippen LogP contribution in [0.5, 0.6) is 17.2 Å². The van der Waals surface area contributed by atoms with Crippen molar-refractivity contribution in [2.45, 2.75) is 26.2 Å². The van der Waals surface area contributed by atoms with Gasteiger partial charge >= 0.3 is 5.97 Å². The standard InChI is InChI=1S/C19H25NO6/c1-5-20(13-8-6-7-9-13)16(21)12-26-19(22)14-10-11-15(23-2)18(25-4)17(14)24-3/h8,10-11H,5-7,9,12H2,1-4H3. The summed E-state index contributed by atoms with van der Waals surface area (Å²) in [5, 5.41) is 0. The number of benzene rings is 1. The van der Waals surface area contributed by atoms with Gasteiger partial charge in [-0.25, -0.2) is 4.79 Å². The molecule has 2 rings (SSSR count). The summed E-state index contributed by atoms with van der Waals surface area (Å²) in [5.41, 5.74) is 1.17. The fourth-order valence-electron chi connectivity index (χ4n) is 2.98. The Labute approximate surface area is 153 Å². The van der Waals surface area contributed by atoms with Gasteiger partial charge in [-0.1, -0.05) is 6.08 Å². The molecular weight excluding hydrogens is 338 g/mol. The lowest BCUT2D eigenvalue weighted by Gasteiger charge is -2.22. The highest BCUT2D eigenvalue weighted by Crippen LogP contribution is 2.39. The molecule has 0 N–H and O–H groups in total. The van der Waals surface area contributed by atoms with Crippen molar-refractivity contribution in [3.8, 4) is 17.2 Å². The Bertz CT molecular complexity index is 698. The van der Waals surface area contributed by atoms with Crippen molar-refractivity contribution in [2.24, 2.45) is 0 Å². The molecule has 26 heavy (non-hydrogen) atoms. The van der Waals surface area contributed by atoms with Crippen LogP contribution >= 0.6 is 0 Å². The number of carbonyl (C=O) groups excluding carboxylic acids is 2. The molecule has 7 heteroatoms. The number of carbonyl (C=O) groups is 2. The SMILES string of the molecule is CCN(C(=O)COC(=O)c1ccc(OC)c(OC)c1OC)C1=CCCC1. The monoisotopic (exact) mass is 363 g/mol. The van der Waals surface area contributed by atoms with E-state index in [4.69, 9.17) is 18.9 Å². The first-order chi connectivity index (χ1) is 12.6. The molecule has 0 atom stereocenters. The molecule has 0 heterocycles. The lowest BCUT2D eigenvalue weighted by molar-refractivity contribution is -0.132. The molecule has 1 aliphatic carbocycles. The third-order valence-electron chi connectivity index (χ3n) is 4.23. The van der Waals surface area contributed by atoms with Gasteiger partial charge in [-0.15, -0.1) is 0 Å². The molecule has 1 aromatic rings. The number of allylic oxidation sites excluding steroid dienone is 2. The summed E-state index contributed by atoms with van der Waals surface area (Å²) < 4.78 is 20.9. The summed E-state index contributed by atoms with van der Waals surface area (Å²) in [7, 11) is 4.36. The van der Waals surface area contributed by atoms with E-state index in [1.807, 2.05) is 6.92 Å². The maximum atomic E-state index is 12.4. The van der Waals surface area contributed by atoms with Gasteiger partial charge in [0.15, 0.2) is 18.1 Å². The zero-order valence-electron chi connectivity index (χ0n) is 15.7. The average Bonchev–Trinajstić information content (AvgIpc) is 3.19. The summed E-state index contributed by atoms with van der Waals surface area (Å²) in [6.45, 7) is 2.11. The second-order valence-electron chi connectivity index (χ2n) is 5.68. The van der Waals surface area contributed by atoms with E-state index >= 15 is 0 Å². The Morgan fingerprint density at radius 3 is 2.35 bits per heavy atom. The number of rotatable bonds is 8. The van der Waals surface area contributed by atoms with Crippen LogP contribution in [0.1, 0.15) is 36.5 Å². The van der Waals surface area contributed by atoms with Gasteiger partial charge in [-0.3, -0.25) is 4.79 Å². The van der Waals surface area contributed by atoms with E-state index in [2.05, 4.69) is 6.08 Å². The van der Waals surface area contributed by atoms with Gasteiger partial charge < -0.3 is 23.8 Å². The lowest BCUT2D eigenvalue weighted by Crippen LogP contribution is -2.33. The number of nitrogens with zero attached hydrogens (tertiary/aromatic N) is 1. The van der Waals surface area contributed by atoms with E-state index in [1.165, 1.54) is 27.4 Å². The molecule has 142 valence electrons. The first-order valence-corrected chi connectivity index (χ1v) is 8.52. The van der Waals surface area contributed by atoms with Crippen molar-refractivity contribution in [3.63, 3.8) is 0 Å². The minimum absolute atomic E-state index is 0.168. The molecule has 0 saturated carbocycles. The van der Waals surface area contributed by atoms with Gasteiger partial charge in [0.2, 0.25) is 5.75 Å². The van der Waals surface area contributed by atoms with Crippen LogP contribution in [0.15, 0.2) is 23.9 Å². The highest BCUT2D eigenvalue weighted by molar-refractivity contribution is 5.95. The number of methoxy groups -OCH3 is 3. The van der Waals surface area contributed by atoms with Crippen LogP contribution in [-0.2, 0) is 9.53 Å². The van der Waals surface area contributed by atoms with Crippen LogP contribution in [0.2, 0.25) is 0 Å². The number of esters is 1. The van der Waals surface area contributed by atoms with E-state index < -0.39 is 5.97 Å². The van der Waals surface area contributed by atoms with Crippen LogP contribution in [0.3, 0.4) is 0 Å². The number of hydrogen-bond acceptors (Lipinski definition) is 6. The third kappa shape index (κ3) is 4.09. The minimum Gasteiger partial charge on any atom is -0.493 e. The van der Waals surface area contributed by atoms with Crippen molar-refractivity contribution in [1.82, 2.24) is 4.90 Å². The van der Waals surface area contributed by atoms with Gasteiger partial charge in [0.1, 0.15) is 5.56 Å². The predicted octanol–water partition coefficient (Wildman–Crippen LogP) is 2.79. The predicted molar refractivity (Wildman–Crippen MR) is 95.7 cm³/mol. The summed E-state index contributed by atoms with van der Waals surface area (Å²) >= 11 is 0. The van der Waals surface area contributed by atoms with Gasteiger partial charge in [0.25, 0.3) is 5.91 Å². The Balaban J connectivity index is 2.11. The second kappa shape index (κ2) is 9.12.